The molecule has 0 bridgehead atoms. The Bertz CT molecular complexity index is 1240. The van der Waals surface area contributed by atoms with E-state index in [0.29, 0.717) is 30.9 Å². The van der Waals surface area contributed by atoms with Crippen molar-refractivity contribution in [2.45, 2.75) is 39.2 Å². The van der Waals surface area contributed by atoms with Gasteiger partial charge in [-0.15, -0.1) is 0 Å². The number of likely N-dealkylation sites (tertiary alicyclic amines) is 1. The number of piperidine rings is 1. The Morgan fingerprint density at radius 3 is 2.43 bits per heavy atom. The van der Waals surface area contributed by atoms with Crippen LogP contribution in [-0.2, 0) is 10.3 Å². The zero-order chi connectivity index (χ0) is 24.6. The number of carbonyl (C=O) groups is 2. The van der Waals surface area contributed by atoms with E-state index in [-0.39, 0.29) is 17.5 Å². The van der Waals surface area contributed by atoms with Crippen molar-refractivity contribution >= 4 is 23.4 Å². The first-order valence-corrected chi connectivity index (χ1v) is 12.4. The molecule has 0 aliphatic carbocycles. The number of hydrogen-bond donors (Lipinski definition) is 1. The molecule has 3 heterocycles. The first kappa shape index (κ1) is 23.0. The average Bonchev–Trinajstić information content (AvgIpc) is 3.36. The number of nitrogens with zero attached hydrogens (tertiary/aromatic N) is 3. The van der Waals surface area contributed by atoms with Gasteiger partial charge in [0.25, 0.3) is 0 Å². The van der Waals surface area contributed by atoms with E-state index in [2.05, 4.69) is 65.2 Å². The number of aryl methyl sites for hydroxylation is 1. The number of esters is 1. The van der Waals surface area contributed by atoms with Gasteiger partial charge in [0.2, 0.25) is 0 Å². The number of fused-ring (bicyclic) bond motifs is 4. The molecule has 7 heteroatoms. The van der Waals surface area contributed by atoms with Crippen LogP contribution in [0.4, 0.5) is 16.2 Å². The molecule has 1 spiro atoms. The predicted molar refractivity (Wildman–Crippen MR) is 137 cm³/mol. The van der Waals surface area contributed by atoms with Gasteiger partial charge < -0.3 is 24.4 Å². The lowest BCUT2D eigenvalue weighted by Crippen LogP contribution is -2.57. The highest BCUT2D eigenvalue weighted by molar-refractivity contribution is 5.92. The number of amides is 2. The normalized spacial score (nSPS) is 16.0. The van der Waals surface area contributed by atoms with Gasteiger partial charge in [-0.3, -0.25) is 0 Å². The number of ether oxygens (including phenoxy) is 1. The number of aromatic nitrogens is 1. The Labute approximate surface area is 206 Å². The minimum Gasteiger partial charge on any atom is -0.462 e. The molecule has 0 unspecified atom stereocenters. The summed E-state index contributed by atoms with van der Waals surface area (Å²) in [5.74, 6) is -0.360. The van der Waals surface area contributed by atoms with Gasteiger partial charge in [0, 0.05) is 37.2 Å². The summed E-state index contributed by atoms with van der Waals surface area (Å²) in [5, 5.41) is 2.98. The van der Waals surface area contributed by atoms with Crippen LogP contribution >= 0.6 is 0 Å². The van der Waals surface area contributed by atoms with E-state index < -0.39 is 0 Å². The van der Waals surface area contributed by atoms with Crippen molar-refractivity contribution in [3.8, 4) is 5.69 Å². The van der Waals surface area contributed by atoms with Crippen molar-refractivity contribution in [2.75, 3.05) is 36.5 Å². The number of hydrogen-bond acceptors (Lipinski definition) is 4. The molecule has 1 N–H and O–H groups in total. The minimum atomic E-state index is -0.360. The van der Waals surface area contributed by atoms with E-state index in [0.717, 1.165) is 19.4 Å². The van der Waals surface area contributed by atoms with E-state index in [9.17, 15) is 9.59 Å². The molecule has 1 fully saturated rings. The zero-order valence-electron chi connectivity index (χ0n) is 20.6. The standard InChI is InChI=1S/C28H32N4O3/c1-4-32-24-19-20(3)8-13-23(24)31-16-6-7-25(31)28(32)14-17-30(18-15-28)27(34)29-22-11-9-21(10-12-22)26(33)35-5-2/h6-13,16,19H,4-5,14-15,17-18H2,1-3H3,(H,29,34). The van der Waals surface area contributed by atoms with Crippen LogP contribution in [0.25, 0.3) is 5.69 Å². The van der Waals surface area contributed by atoms with E-state index in [1.54, 1.807) is 31.2 Å². The highest BCUT2D eigenvalue weighted by Crippen LogP contribution is 2.48. The lowest BCUT2D eigenvalue weighted by molar-refractivity contribution is 0.0526. The van der Waals surface area contributed by atoms with Crippen molar-refractivity contribution in [3.05, 3.63) is 77.6 Å². The second-order valence-corrected chi connectivity index (χ2v) is 9.25. The first-order chi connectivity index (χ1) is 17.0. The van der Waals surface area contributed by atoms with Crippen LogP contribution in [0.5, 0.6) is 0 Å². The maximum absolute atomic E-state index is 13.1. The Morgan fingerprint density at radius 2 is 1.74 bits per heavy atom. The topological polar surface area (TPSA) is 66.8 Å². The fourth-order valence-corrected chi connectivity index (χ4v) is 5.58. The van der Waals surface area contributed by atoms with Crippen molar-refractivity contribution in [2.24, 2.45) is 0 Å². The molecule has 2 amide bonds. The highest BCUT2D eigenvalue weighted by atomic mass is 16.5. The zero-order valence-corrected chi connectivity index (χ0v) is 20.6. The SMILES string of the molecule is CCOC(=O)c1ccc(NC(=O)N2CCC3(CC2)c2cccn2-c2ccc(C)cc2N3CC)cc1. The fraction of sp³-hybridized carbons (Fsp3) is 0.357. The molecular weight excluding hydrogens is 440 g/mol. The predicted octanol–water partition coefficient (Wildman–Crippen LogP) is 5.33. The quantitative estimate of drug-likeness (QED) is 0.522. The number of carbonyl (C=O) groups excluding carboxylic acids is 2. The van der Waals surface area contributed by atoms with E-state index >= 15 is 0 Å². The highest BCUT2D eigenvalue weighted by Gasteiger charge is 2.46. The van der Waals surface area contributed by atoms with Crippen LogP contribution in [0, 0.1) is 6.92 Å². The van der Waals surface area contributed by atoms with Crippen LogP contribution in [-0.4, -0.2) is 47.7 Å². The Kier molecular flexibility index (Phi) is 6.01. The summed E-state index contributed by atoms with van der Waals surface area (Å²) >= 11 is 0. The lowest BCUT2D eigenvalue weighted by Gasteiger charge is -2.53. The summed E-state index contributed by atoms with van der Waals surface area (Å²) in [6, 6.07) is 17.7. The Morgan fingerprint density at radius 1 is 1.00 bits per heavy atom. The van der Waals surface area contributed by atoms with Gasteiger partial charge in [0.15, 0.2) is 0 Å². The third kappa shape index (κ3) is 3.95. The summed E-state index contributed by atoms with van der Waals surface area (Å²) in [5.41, 5.74) is 6.01. The molecule has 2 aromatic carbocycles. The lowest BCUT2D eigenvalue weighted by atomic mass is 9.80. The van der Waals surface area contributed by atoms with E-state index in [1.807, 2.05) is 4.90 Å². The smallest absolute Gasteiger partial charge is 0.338 e. The Hall–Kier alpha value is -3.74. The van der Waals surface area contributed by atoms with Crippen LogP contribution in [0.2, 0.25) is 0 Å². The number of anilines is 2. The van der Waals surface area contributed by atoms with Gasteiger partial charge in [0.1, 0.15) is 0 Å². The van der Waals surface area contributed by atoms with Crippen LogP contribution in [0.15, 0.2) is 60.8 Å². The number of nitrogens with one attached hydrogen (secondary N) is 1. The maximum atomic E-state index is 13.1. The van der Waals surface area contributed by atoms with Gasteiger partial charge in [-0.1, -0.05) is 6.07 Å². The third-order valence-corrected chi connectivity index (χ3v) is 7.26. The van der Waals surface area contributed by atoms with Gasteiger partial charge >= 0.3 is 12.0 Å². The Balaban J connectivity index is 1.32. The molecule has 2 aliphatic heterocycles. The first-order valence-electron chi connectivity index (χ1n) is 12.4. The molecule has 5 rings (SSSR count). The van der Waals surface area contributed by atoms with Gasteiger partial charge in [0.05, 0.1) is 29.1 Å². The van der Waals surface area contributed by atoms with Crippen molar-refractivity contribution in [3.63, 3.8) is 0 Å². The van der Waals surface area contributed by atoms with Crippen molar-refractivity contribution in [1.82, 2.24) is 9.47 Å². The van der Waals surface area contributed by atoms with Gasteiger partial charge in [-0.05, 0) is 87.7 Å². The van der Waals surface area contributed by atoms with Crippen LogP contribution in [0.3, 0.4) is 0 Å². The second kappa shape index (κ2) is 9.13. The summed E-state index contributed by atoms with van der Waals surface area (Å²) in [4.78, 5) is 29.3. The molecule has 182 valence electrons. The molecule has 1 saturated heterocycles. The van der Waals surface area contributed by atoms with Crippen molar-refractivity contribution < 1.29 is 14.3 Å². The van der Waals surface area contributed by atoms with Crippen molar-refractivity contribution in [1.29, 1.82) is 0 Å². The number of benzene rings is 2. The van der Waals surface area contributed by atoms with Crippen LogP contribution in [0.1, 0.15) is 48.3 Å². The third-order valence-electron chi connectivity index (χ3n) is 7.26. The fourth-order valence-electron chi connectivity index (χ4n) is 5.58. The second-order valence-electron chi connectivity index (χ2n) is 9.25. The summed E-state index contributed by atoms with van der Waals surface area (Å²) in [6.45, 7) is 8.69. The molecular formula is C28H32N4O3. The molecule has 2 aliphatic rings. The van der Waals surface area contributed by atoms with E-state index in [1.165, 1.54) is 22.6 Å². The van der Waals surface area contributed by atoms with Crippen LogP contribution < -0.4 is 10.2 Å². The maximum Gasteiger partial charge on any atom is 0.338 e. The molecule has 1 aromatic heterocycles. The summed E-state index contributed by atoms with van der Waals surface area (Å²) in [7, 11) is 0. The summed E-state index contributed by atoms with van der Waals surface area (Å²) < 4.78 is 7.35. The monoisotopic (exact) mass is 472 g/mol. The number of rotatable bonds is 4. The van der Waals surface area contributed by atoms with E-state index in [4.69, 9.17) is 4.74 Å². The largest absolute Gasteiger partial charge is 0.462 e. The molecule has 0 radical (unpaired) electrons. The molecule has 0 atom stereocenters. The minimum absolute atomic E-state index is 0.116. The molecule has 7 nitrogen and oxygen atoms in total. The molecule has 3 aromatic rings. The summed E-state index contributed by atoms with van der Waals surface area (Å²) in [6.07, 6.45) is 3.86. The van der Waals surface area contributed by atoms with Gasteiger partial charge in [-0.2, -0.15) is 0 Å². The average molecular weight is 473 g/mol. The van der Waals surface area contributed by atoms with Gasteiger partial charge in [-0.25, -0.2) is 9.59 Å². The number of urea groups is 1. The molecule has 0 saturated carbocycles. The molecule has 35 heavy (non-hydrogen) atoms.